The lowest BCUT2D eigenvalue weighted by Gasteiger charge is -2.35. The molecule has 0 fully saturated rings. The third-order valence-corrected chi connectivity index (χ3v) is 4.56. The molecule has 3 nitrogen and oxygen atoms in total. The second kappa shape index (κ2) is 8.05. The predicted octanol–water partition coefficient (Wildman–Crippen LogP) is 4.08. The fourth-order valence-corrected chi connectivity index (χ4v) is 3.45. The highest BCUT2D eigenvalue weighted by molar-refractivity contribution is 14.1. The van der Waals surface area contributed by atoms with E-state index in [4.69, 9.17) is 4.74 Å². The van der Waals surface area contributed by atoms with E-state index in [1.54, 1.807) is 0 Å². The number of carbonyl (C=O) groups is 1. The van der Waals surface area contributed by atoms with Crippen LogP contribution >= 0.6 is 22.6 Å². The molecule has 2 unspecified atom stereocenters. The zero-order chi connectivity index (χ0) is 15.3. The molecule has 0 aliphatic carbocycles. The van der Waals surface area contributed by atoms with E-state index in [2.05, 4.69) is 60.4 Å². The van der Waals surface area contributed by atoms with E-state index >= 15 is 0 Å². The van der Waals surface area contributed by atoms with Crippen LogP contribution in [0.5, 0.6) is 0 Å². The zero-order valence-corrected chi connectivity index (χ0v) is 15.3. The quantitative estimate of drug-likeness (QED) is 0.296. The first-order valence-electron chi connectivity index (χ1n) is 7.27. The Bertz CT molecular complexity index is 399. The summed E-state index contributed by atoms with van der Waals surface area (Å²) in [7, 11) is 1.47. The molecular weight excluding hydrogens is 365 g/mol. The summed E-state index contributed by atoms with van der Waals surface area (Å²) in [6.45, 7) is 8.63. The average Bonchev–Trinajstić information content (AvgIpc) is 2.78. The summed E-state index contributed by atoms with van der Waals surface area (Å²) in [4.78, 5) is 14.5. The standard InChI is InChI=1S/C16H26INO2/c1-6-7-8-9-14-13(16(19)20-5)10-15(12(4)17)18(14)11(2)3/h6-7,11-12,15H,8-10H2,1-5H3/b7-6+. The van der Waals surface area contributed by atoms with Crippen LogP contribution in [0, 0.1) is 0 Å². The number of hydrogen-bond acceptors (Lipinski definition) is 3. The fraction of sp³-hybridized carbons (Fsp3) is 0.688. The van der Waals surface area contributed by atoms with Crippen molar-refractivity contribution in [3.63, 3.8) is 0 Å². The van der Waals surface area contributed by atoms with E-state index < -0.39 is 0 Å². The second-order valence-corrected chi connectivity index (χ2v) is 7.44. The number of esters is 1. The molecule has 0 aromatic carbocycles. The highest BCUT2D eigenvalue weighted by atomic mass is 127. The molecule has 0 spiro atoms. The Hall–Kier alpha value is -0.520. The molecule has 4 heteroatoms. The van der Waals surface area contributed by atoms with Crippen molar-refractivity contribution >= 4 is 28.6 Å². The Morgan fingerprint density at radius 3 is 2.60 bits per heavy atom. The fourth-order valence-electron chi connectivity index (χ4n) is 2.85. The highest BCUT2D eigenvalue weighted by Gasteiger charge is 2.38. The van der Waals surface area contributed by atoms with Crippen LogP contribution < -0.4 is 0 Å². The van der Waals surface area contributed by atoms with E-state index in [0.29, 0.717) is 16.0 Å². The molecule has 114 valence electrons. The molecule has 2 atom stereocenters. The van der Waals surface area contributed by atoms with Crippen LogP contribution in [0.15, 0.2) is 23.4 Å². The third-order valence-electron chi connectivity index (χ3n) is 3.73. The predicted molar refractivity (Wildman–Crippen MR) is 92.0 cm³/mol. The molecule has 0 bridgehead atoms. The lowest BCUT2D eigenvalue weighted by Crippen LogP contribution is -2.40. The number of methoxy groups -OCH3 is 1. The van der Waals surface area contributed by atoms with Crippen LogP contribution in [0.25, 0.3) is 0 Å². The minimum Gasteiger partial charge on any atom is -0.466 e. The smallest absolute Gasteiger partial charge is 0.335 e. The first kappa shape index (κ1) is 17.5. The number of rotatable bonds is 6. The number of nitrogens with zero attached hydrogens (tertiary/aromatic N) is 1. The number of allylic oxidation sites excluding steroid dienone is 3. The number of hydrogen-bond donors (Lipinski definition) is 0. The van der Waals surface area contributed by atoms with Gasteiger partial charge in [-0.2, -0.15) is 0 Å². The van der Waals surface area contributed by atoms with Crippen LogP contribution in [-0.2, 0) is 9.53 Å². The number of halogens is 1. The van der Waals surface area contributed by atoms with Gasteiger partial charge in [-0.3, -0.25) is 0 Å². The summed E-state index contributed by atoms with van der Waals surface area (Å²) in [5.41, 5.74) is 2.05. The van der Waals surface area contributed by atoms with Crippen molar-refractivity contribution < 1.29 is 9.53 Å². The van der Waals surface area contributed by atoms with Crippen molar-refractivity contribution in [1.29, 1.82) is 0 Å². The molecule has 1 aliphatic heterocycles. The summed E-state index contributed by atoms with van der Waals surface area (Å²) >= 11 is 2.46. The van der Waals surface area contributed by atoms with E-state index in [1.807, 2.05) is 6.92 Å². The molecule has 0 saturated heterocycles. The molecule has 0 amide bonds. The Morgan fingerprint density at radius 2 is 2.15 bits per heavy atom. The van der Waals surface area contributed by atoms with Crippen LogP contribution in [-0.4, -0.2) is 34.0 Å². The summed E-state index contributed by atoms with van der Waals surface area (Å²) < 4.78 is 5.48. The summed E-state index contributed by atoms with van der Waals surface area (Å²) in [6, 6.07) is 0.797. The number of ether oxygens (including phenoxy) is 1. The average molecular weight is 391 g/mol. The monoisotopic (exact) mass is 391 g/mol. The molecule has 20 heavy (non-hydrogen) atoms. The second-order valence-electron chi connectivity index (χ2n) is 5.47. The van der Waals surface area contributed by atoms with Crippen LogP contribution in [0.2, 0.25) is 0 Å². The van der Waals surface area contributed by atoms with Crippen molar-refractivity contribution in [1.82, 2.24) is 4.90 Å². The normalized spacial score (nSPS) is 21.1. The molecule has 1 rings (SSSR count). The van der Waals surface area contributed by atoms with E-state index in [0.717, 1.165) is 24.8 Å². The van der Waals surface area contributed by atoms with Gasteiger partial charge in [-0.05, 0) is 33.6 Å². The minimum atomic E-state index is -0.161. The first-order chi connectivity index (χ1) is 9.43. The molecule has 0 radical (unpaired) electrons. The van der Waals surface area contributed by atoms with Crippen molar-refractivity contribution in [2.75, 3.05) is 7.11 Å². The van der Waals surface area contributed by atoms with Gasteiger partial charge >= 0.3 is 5.97 Å². The van der Waals surface area contributed by atoms with Gasteiger partial charge < -0.3 is 9.64 Å². The van der Waals surface area contributed by atoms with E-state index in [-0.39, 0.29) is 5.97 Å². The van der Waals surface area contributed by atoms with Gasteiger partial charge in [-0.15, -0.1) is 0 Å². The van der Waals surface area contributed by atoms with Gasteiger partial charge in [0.15, 0.2) is 0 Å². The maximum atomic E-state index is 12.1. The lowest BCUT2D eigenvalue weighted by atomic mass is 10.1. The lowest BCUT2D eigenvalue weighted by molar-refractivity contribution is -0.136. The first-order valence-corrected chi connectivity index (χ1v) is 8.52. The van der Waals surface area contributed by atoms with Crippen molar-refractivity contribution in [3.8, 4) is 0 Å². The van der Waals surface area contributed by atoms with Gasteiger partial charge in [0.2, 0.25) is 0 Å². The SMILES string of the molecule is C/C=C/CCC1=C(C(=O)OC)CC(C(C)I)N1C(C)C. The molecule has 0 aromatic rings. The van der Waals surface area contributed by atoms with Crippen molar-refractivity contribution in [3.05, 3.63) is 23.4 Å². The molecular formula is C16H26INO2. The molecule has 0 N–H and O–H groups in total. The molecule has 1 heterocycles. The van der Waals surface area contributed by atoms with Crippen LogP contribution in [0.3, 0.4) is 0 Å². The Kier molecular flexibility index (Phi) is 7.06. The number of carbonyl (C=O) groups excluding carboxylic acids is 1. The van der Waals surface area contributed by atoms with Gasteiger partial charge in [-0.25, -0.2) is 4.79 Å². The minimum absolute atomic E-state index is 0.161. The Balaban J connectivity index is 3.09. The van der Waals surface area contributed by atoms with Gasteiger partial charge in [0, 0.05) is 28.1 Å². The van der Waals surface area contributed by atoms with Gasteiger partial charge in [0.1, 0.15) is 0 Å². The van der Waals surface area contributed by atoms with Gasteiger partial charge in [0.05, 0.1) is 12.7 Å². The Labute approximate surface area is 136 Å². The zero-order valence-electron chi connectivity index (χ0n) is 13.1. The maximum absolute atomic E-state index is 12.1. The molecule has 1 aliphatic rings. The summed E-state index contributed by atoms with van der Waals surface area (Å²) in [6.07, 6.45) is 6.90. The van der Waals surface area contributed by atoms with Gasteiger partial charge in [-0.1, -0.05) is 41.7 Å². The van der Waals surface area contributed by atoms with E-state index in [9.17, 15) is 4.79 Å². The largest absolute Gasteiger partial charge is 0.466 e. The van der Waals surface area contributed by atoms with Crippen molar-refractivity contribution in [2.24, 2.45) is 0 Å². The molecule has 0 aromatic heterocycles. The van der Waals surface area contributed by atoms with Crippen LogP contribution in [0.4, 0.5) is 0 Å². The summed E-state index contributed by atoms with van der Waals surface area (Å²) in [5.74, 6) is -0.161. The highest BCUT2D eigenvalue weighted by Crippen LogP contribution is 2.37. The number of alkyl halides is 1. The Morgan fingerprint density at radius 1 is 1.50 bits per heavy atom. The topological polar surface area (TPSA) is 29.5 Å². The van der Waals surface area contributed by atoms with Crippen molar-refractivity contribution in [2.45, 2.75) is 63.0 Å². The molecule has 0 saturated carbocycles. The van der Waals surface area contributed by atoms with Crippen LogP contribution in [0.1, 0.15) is 47.0 Å². The summed E-state index contributed by atoms with van der Waals surface area (Å²) in [5, 5.41) is 0. The maximum Gasteiger partial charge on any atom is 0.335 e. The third kappa shape index (κ3) is 3.99. The van der Waals surface area contributed by atoms with E-state index in [1.165, 1.54) is 12.8 Å². The van der Waals surface area contributed by atoms with Gasteiger partial charge in [0.25, 0.3) is 0 Å².